The summed E-state index contributed by atoms with van der Waals surface area (Å²) in [7, 11) is 0. The van der Waals surface area contributed by atoms with E-state index in [2.05, 4.69) is 13.8 Å². The SMILES string of the molecule is [CH2]CCCCC(=O)CCCC. The van der Waals surface area contributed by atoms with Gasteiger partial charge < -0.3 is 0 Å². The number of hydrogen-bond acceptors (Lipinski definition) is 1. The zero-order valence-electron chi connectivity index (χ0n) is 7.57. The molecule has 0 bridgehead atoms. The standard InChI is InChI=1S/C10H19O/c1-3-5-7-9-10(11)8-6-4-2/h1,3-9H2,2H3. The summed E-state index contributed by atoms with van der Waals surface area (Å²) < 4.78 is 0. The summed E-state index contributed by atoms with van der Waals surface area (Å²) in [5.74, 6) is 0.431. The highest BCUT2D eigenvalue weighted by molar-refractivity contribution is 5.78. The van der Waals surface area contributed by atoms with Crippen LogP contribution in [0, 0.1) is 6.92 Å². The van der Waals surface area contributed by atoms with Crippen molar-refractivity contribution in [3.63, 3.8) is 0 Å². The number of ketones is 1. The number of carbonyl (C=O) groups is 1. The van der Waals surface area contributed by atoms with Gasteiger partial charge in [-0.1, -0.05) is 33.1 Å². The van der Waals surface area contributed by atoms with Crippen LogP contribution in [-0.2, 0) is 4.79 Å². The smallest absolute Gasteiger partial charge is 0.132 e. The Morgan fingerprint density at radius 3 is 2.36 bits per heavy atom. The highest BCUT2D eigenvalue weighted by Crippen LogP contribution is 2.04. The van der Waals surface area contributed by atoms with Crippen molar-refractivity contribution in [1.29, 1.82) is 0 Å². The third kappa shape index (κ3) is 7.57. The molecule has 0 heterocycles. The predicted molar refractivity (Wildman–Crippen MR) is 48.4 cm³/mol. The Morgan fingerprint density at radius 1 is 1.18 bits per heavy atom. The van der Waals surface area contributed by atoms with E-state index in [0.29, 0.717) is 5.78 Å². The molecular formula is C10H19O. The van der Waals surface area contributed by atoms with Crippen LogP contribution in [0.2, 0.25) is 0 Å². The lowest BCUT2D eigenvalue weighted by atomic mass is 10.1. The fourth-order valence-corrected chi connectivity index (χ4v) is 0.998. The molecule has 0 unspecified atom stereocenters. The van der Waals surface area contributed by atoms with Crippen LogP contribution in [0.15, 0.2) is 0 Å². The summed E-state index contributed by atoms with van der Waals surface area (Å²) >= 11 is 0. The normalized spacial score (nSPS) is 10.0. The lowest BCUT2D eigenvalue weighted by Gasteiger charge is -1.97. The molecule has 0 aromatic carbocycles. The summed E-state index contributed by atoms with van der Waals surface area (Å²) in [6.07, 6.45) is 6.83. The maximum absolute atomic E-state index is 11.1. The second-order valence-corrected chi connectivity index (χ2v) is 2.95. The van der Waals surface area contributed by atoms with Crippen molar-refractivity contribution in [3.8, 4) is 0 Å². The van der Waals surface area contributed by atoms with Gasteiger partial charge in [0.05, 0.1) is 0 Å². The molecule has 0 fully saturated rings. The number of rotatable bonds is 7. The molecule has 0 atom stereocenters. The molecule has 0 amide bonds. The van der Waals surface area contributed by atoms with E-state index < -0.39 is 0 Å². The van der Waals surface area contributed by atoms with Gasteiger partial charge in [-0.05, 0) is 12.8 Å². The van der Waals surface area contributed by atoms with Gasteiger partial charge in [-0.15, -0.1) is 0 Å². The number of carbonyl (C=O) groups excluding carboxylic acids is 1. The second-order valence-electron chi connectivity index (χ2n) is 2.95. The van der Waals surface area contributed by atoms with E-state index in [1.165, 1.54) is 0 Å². The number of unbranched alkanes of at least 4 members (excludes halogenated alkanes) is 3. The molecule has 65 valence electrons. The molecule has 11 heavy (non-hydrogen) atoms. The van der Waals surface area contributed by atoms with Crippen LogP contribution in [0.3, 0.4) is 0 Å². The molecule has 0 aromatic rings. The average Bonchev–Trinajstić information content (AvgIpc) is 2.01. The van der Waals surface area contributed by atoms with Crippen molar-refractivity contribution in [3.05, 3.63) is 6.92 Å². The Labute approximate surface area is 70.2 Å². The molecule has 1 nitrogen and oxygen atoms in total. The van der Waals surface area contributed by atoms with Gasteiger partial charge in [-0.25, -0.2) is 0 Å². The second kappa shape index (κ2) is 7.77. The molecule has 1 heteroatoms. The molecule has 1 radical (unpaired) electrons. The molecular weight excluding hydrogens is 136 g/mol. The molecule has 0 aromatic heterocycles. The lowest BCUT2D eigenvalue weighted by Crippen LogP contribution is -1.96. The minimum absolute atomic E-state index is 0.431. The molecule has 0 aliphatic carbocycles. The largest absolute Gasteiger partial charge is 0.300 e. The first-order valence-corrected chi connectivity index (χ1v) is 4.62. The van der Waals surface area contributed by atoms with Crippen molar-refractivity contribution in [2.75, 3.05) is 0 Å². The van der Waals surface area contributed by atoms with E-state index in [0.717, 1.165) is 44.9 Å². The Balaban J connectivity index is 3.09. The van der Waals surface area contributed by atoms with E-state index >= 15 is 0 Å². The molecule has 0 aliphatic heterocycles. The van der Waals surface area contributed by atoms with Gasteiger partial charge >= 0.3 is 0 Å². The minimum atomic E-state index is 0.431. The van der Waals surface area contributed by atoms with Crippen molar-refractivity contribution >= 4 is 5.78 Å². The minimum Gasteiger partial charge on any atom is -0.300 e. The third-order valence-electron chi connectivity index (χ3n) is 1.76. The van der Waals surface area contributed by atoms with Crippen LogP contribution < -0.4 is 0 Å². The summed E-state index contributed by atoms with van der Waals surface area (Å²) in [5.41, 5.74) is 0. The van der Waals surface area contributed by atoms with Gasteiger partial charge in [0, 0.05) is 12.8 Å². The van der Waals surface area contributed by atoms with Gasteiger partial charge in [0.15, 0.2) is 0 Å². The van der Waals surface area contributed by atoms with Crippen LogP contribution in [0.5, 0.6) is 0 Å². The quantitative estimate of drug-likeness (QED) is 0.516. The Bertz CT molecular complexity index is 97.0. The number of Topliss-reactive ketones (excluding diaryl/α,β-unsaturated/α-hetero) is 1. The fraction of sp³-hybridized carbons (Fsp3) is 0.800. The van der Waals surface area contributed by atoms with Crippen molar-refractivity contribution < 1.29 is 4.79 Å². The Morgan fingerprint density at radius 2 is 1.82 bits per heavy atom. The topological polar surface area (TPSA) is 17.1 Å². The monoisotopic (exact) mass is 155 g/mol. The summed E-state index contributed by atoms with van der Waals surface area (Å²) in [6, 6.07) is 0. The van der Waals surface area contributed by atoms with Gasteiger partial charge in [0.25, 0.3) is 0 Å². The van der Waals surface area contributed by atoms with Gasteiger partial charge in [-0.3, -0.25) is 4.79 Å². The molecule has 0 aliphatic rings. The van der Waals surface area contributed by atoms with Crippen LogP contribution >= 0.6 is 0 Å². The summed E-state index contributed by atoms with van der Waals surface area (Å²) in [5, 5.41) is 0. The van der Waals surface area contributed by atoms with Gasteiger partial charge in [-0.2, -0.15) is 0 Å². The van der Waals surface area contributed by atoms with E-state index in [9.17, 15) is 4.79 Å². The van der Waals surface area contributed by atoms with E-state index in [1.807, 2.05) is 0 Å². The average molecular weight is 155 g/mol. The zero-order chi connectivity index (χ0) is 8.53. The van der Waals surface area contributed by atoms with E-state index in [4.69, 9.17) is 0 Å². The van der Waals surface area contributed by atoms with Crippen molar-refractivity contribution in [1.82, 2.24) is 0 Å². The van der Waals surface area contributed by atoms with Crippen LogP contribution in [0.4, 0.5) is 0 Å². The highest BCUT2D eigenvalue weighted by Gasteiger charge is 1.99. The van der Waals surface area contributed by atoms with Crippen LogP contribution in [-0.4, -0.2) is 5.78 Å². The maximum Gasteiger partial charge on any atom is 0.132 e. The molecule has 0 spiro atoms. The van der Waals surface area contributed by atoms with Crippen LogP contribution in [0.1, 0.15) is 51.9 Å². The Kier molecular flexibility index (Phi) is 7.54. The molecule has 0 saturated heterocycles. The highest BCUT2D eigenvalue weighted by atomic mass is 16.1. The first kappa shape index (κ1) is 10.7. The van der Waals surface area contributed by atoms with Gasteiger partial charge in [0.1, 0.15) is 5.78 Å². The summed E-state index contributed by atoms with van der Waals surface area (Å²) in [6.45, 7) is 5.85. The first-order chi connectivity index (χ1) is 5.31. The first-order valence-electron chi connectivity index (χ1n) is 4.62. The number of hydrogen-bond donors (Lipinski definition) is 0. The maximum atomic E-state index is 11.1. The fourth-order valence-electron chi connectivity index (χ4n) is 0.998. The molecule has 0 rings (SSSR count). The lowest BCUT2D eigenvalue weighted by molar-refractivity contribution is -0.119. The van der Waals surface area contributed by atoms with E-state index in [-0.39, 0.29) is 0 Å². The predicted octanol–water partition coefficient (Wildman–Crippen LogP) is 3.14. The van der Waals surface area contributed by atoms with Crippen molar-refractivity contribution in [2.24, 2.45) is 0 Å². The molecule has 0 saturated carbocycles. The van der Waals surface area contributed by atoms with Crippen LogP contribution in [0.25, 0.3) is 0 Å². The van der Waals surface area contributed by atoms with E-state index in [1.54, 1.807) is 0 Å². The third-order valence-corrected chi connectivity index (χ3v) is 1.76. The summed E-state index contributed by atoms with van der Waals surface area (Å²) in [4.78, 5) is 11.1. The zero-order valence-corrected chi connectivity index (χ0v) is 7.57. The van der Waals surface area contributed by atoms with Gasteiger partial charge in [0.2, 0.25) is 0 Å². The van der Waals surface area contributed by atoms with Crippen molar-refractivity contribution in [2.45, 2.75) is 51.9 Å². The molecule has 0 N–H and O–H groups in total. The Hall–Kier alpha value is -0.330.